The second-order valence-corrected chi connectivity index (χ2v) is 8.04. The van der Waals surface area contributed by atoms with E-state index in [-0.39, 0.29) is 31.2 Å². The fourth-order valence-electron chi connectivity index (χ4n) is 3.55. The van der Waals surface area contributed by atoms with Gasteiger partial charge in [-0.25, -0.2) is 18.9 Å². The summed E-state index contributed by atoms with van der Waals surface area (Å²) in [6.45, 7) is 6.06. The van der Waals surface area contributed by atoms with Gasteiger partial charge in [0.2, 0.25) is 5.91 Å². The van der Waals surface area contributed by atoms with Gasteiger partial charge in [-0.3, -0.25) is 9.59 Å². The number of hydrogen-bond donors (Lipinski definition) is 1. The van der Waals surface area contributed by atoms with Gasteiger partial charge in [0.15, 0.2) is 0 Å². The Hall–Kier alpha value is -3.75. The average Bonchev–Trinajstić information content (AvgIpc) is 2.98. The van der Waals surface area contributed by atoms with Crippen LogP contribution in [0.1, 0.15) is 37.6 Å². The van der Waals surface area contributed by atoms with Crippen molar-refractivity contribution in [3.8, 4) is 0 Å². The summed E-state index contributed by atoms with van der Waals surface area (Å²) in [5.41, 5.74) is 1.04. The first-order valence-electron chi connectivity index (χ1n) is 10.7. The van der Waals surface area contributed by atoms with Gasteiger partial charge in [0.05, 0.1) is 24.3 Å². The summed E-state index contributed by atoms with van der Waals surface area (Å²) in [5, 5.41) is 2.69. The first-order chi connectivity index (χ1) is 15.7. The Morgan fingerprint density at radius 2 is 1.70 bits per heavy atom. The van der Waals surface area contributed by atoms with Crippen molar-refractivity contribution in [2.75, 3.05) is 23.4 Å². The molecule has 1 fully saturated rings. The normalized spacial score (nSPS) is 15.8. The minimum atomic E-state index is -0.983. The van der Waals surface area contributed by atoms with Crippen LogP contribution in [0.2, 0.25) is 0 Å². The Balaban J connectivity index is 1.74. The number of carbonyl (C=O) groups is 4. The SMILES string of the molecule is CCOC(=O)c1ccc(NC(=O)CC2C(=O)N(c3ccc(F)cc3)C(=O)N2CC(C)C)cc1. The van der Waals surface area contributed by atoms with E-state index in [9.17, 15) is 23.6 Å². The molecule has 0 radical (unpaired) electrons. The highest BCUT2D eigenvalue weighted by molar-refractivity contribution is 6.22. The summed E-state index contributed by atoms with van der Waals surface area (Å²) in [7, 11) is 0. The number of carbonyl (C=O) groups excluding carboxylic acids is 4. The Morgan fingerprint density at radius 3 is 2.27 bits per heavy atom. The number of benzene rings is 2. The Morgan fingerprint density at radius 1 is 1.06 bits per heavy atom. The van der Waals surface area contributed by atoms with E-state index in [1.54, 1.807) is 19.1 Å². The fourth-order valence-corrected chi connectivity index (χ4v) is 3.55. The standard InChI is InChI=1S/C24H26FN3O5/c1-4-33-23(31)16-5-9-18(10-6-16)26-21(29)13-20-22(30)28(19-11-7-17(25)8-12-19)24(32)27(20)14-15(2)3/h5-12,15,20H,4,13-14H2,1-3H3,(H,26,29). The average molecular weight is 455 g/mol. The zero-order valence-corrected chi connectivity index (χ0v) is 18.7. The van der Waals surface area contributed by atoms with Crippen LogP contribution >= 0.6 is 0 Å². The van der Waals surface area contributed by atoms with E-state index in [2.05, 4.69) is 5.32 Å². The first kappa shape index (κ1) is 23.9. The monoisotopic (exact) mass is 455 g/mol. The molecule has 8 nitrogen and oxygen atoms in total. The van der Waals surface area contributed by atoms with Crippen LogP contribution in [-0.2, 0) is 14.3 Å². The fraction of sp³-hybridized carbons (Fsp3) is 0.333. The Labute approximate surface area is 191 Å². The molecule has 1 heterocycles. The van der Waals surface area contributed by atoms with Gasteiger partial charge in [-0.15, -0.1) is 0 Å². The van der Waals surface area contributed by atoms with Crippen molar-refractivity contribution in [2.45, 2.75) is 33.2 Å². The van der Waals surface area contributed by atoms with Crippen molar-refractivity contribution >= 4 is 35.2 Å². The molecule has 1 N–H and O–H groups in total. The number of ether oxygens (including phenoxy) is 1. The maximum Gasteiger partial charge on any atom is 0.338 e. The molecule has 0 bridgehead atoms. The van der Waals surface area contributed by atoms with Crippen LogP contribution < -0.4 is 10.2 Å². The number of nitrogens with one attached hydrogen (secondary N) is 1. The number of esters is 1. The van der Waals surface area contributed by atoms with Crippen LogP contribution in [0.15, 0.2) is 48.5 Å². The number of halogens is 1. The highest BCUT2D eigenvalue weighted by atomic mass is 19.1. The molecular weight excluding hydrogens is 429 g/mol. The molecule has 1 aliphatic heterocycles. The molecule has 9 heteroatoms. The van der Waals surface area contributed by atoms with Gasteiger partial charge in [-0.05, 0) is 61.4 Å². The smallest absolute Gasteiger partial charge is 0.338 e. The minimum Gasteiger partial charge on any atom is -0.462 e. The van der Waals surface area contributed by atoms with Crippen molar-refractivity contribution in [1.82, 2.24) is 4.90 Å². The molecule has 1 aliphatic rings. The maximum absolute atomic E-state index is 13.3. The quantitative estimate of drug-likeness (QED) is 0.482. The molecule has 0 spiro atoms. The number of amides is 4. The van der Waals surface area contributed by atoms with E-state index in [1.807, 2.05) is 13.8 Å². The molecule has 3 rings (SSSR count). The second kappa shape index (κ2) is 10.2. The molecule has 1 saturated heterocycles. The van der Waals surface area contributed by atoms with E-state index in [0.717, 1.165) is 4.90 Å². The molecule has 1 unspecified atom stereocenters. The van der Waals surface area contributed by atoms with Gasteiger partial charge < -0.3 is 15.0 Å². The number of imide groups is 1. The summed E-state index contributed by atoms with van der Waals surface area (Å²) in [6, 6.07) is 9.69. The first-order valence-corrected chi connectivity index (χ1v) is 10.7. The highest BCUT2D eigenvalue weighted by Crippen LogP contribution is 2.28. The van der Waals surface area contributed by atoms with E-state index in [4.69, 9.17) is 4.74 Å². The second-order valence-electron chi connectivity index (χ2n) is 8.04. The Bertz CT molecular complexity index is 1040. The van der Waals surface area contributed by atoms with Gasteiger partial charge in [0.25, 0.3) is 5.91 Å². The third-order valence-corrected chi connectivity index (χ3v) is 5.02. The lowest BCUT2D eigenvalue weighted by Crippen LogP contribution is -2.40. The van der Waals surface area contributed by atoms with Gasteiger partial charge in [-0.1, -0.05) is 13.8 Å². The summed E-state index contributed by atoms with van der Waals surface area (Å²) in [5.74, 6) is -1.88. The lowest BCUT2D eigenvalue weighted by Gasteiger charge is -2.23. The number of hydrogen-bond acceptors (Lipinski definition) is 5. The molecule has 33 heavy (non-hydrogen) atoms. The van der Waals surface area contributed by atoms with E-state index in [1.165, 1.54) is 41.3 Å². The van der Waals surface area contributed by atoms with E-state index < -0.39 is 35.7 Å². The predicted octanol–water partition coefficient (Wildman–Crippen LogP) is 3.82. The Kier molecular flexibility index (Phi) is 7.42. The van der Waals surface area contributed by atoms with Crippen molar-refractivity contribution in [2.24, 2.45) is 5.92 Å². The maximum atomic E-state index is 13.3. The summed E-state index contributed by atoms with van der Waals surface area (Å²) < 4.78 is 18.2. The van der Waals surface area contributed by atoms with Gasteiger partial charge >= 0.3 is 12.0 Å². The van der Waals surface area contributed by atoms with E-state index >= 15 is 0 Å². The lowest BCUT2D eigenvalue weighted by molar-refractivity contribution is -0.124. The number of urea groups is 1. The summed E-state index contributed by atoms with van der Waals surface area (Å²) in [4.78, 5) is 52.9. The number of anilines is 2. The number of nitrogens with zero attached hydrogens (tertiary/aromatic N) is 2. The van der Waals surface area contributed by atoms with Gasteiger partial charge in [-0.2, -0.15) is 0 Å². The summed E-state index contributed by atoms with van der Waals surface area (Å²) in [6.07, 6.45) is -0.241. The van der Waals surface area contributed by atoms with Crippen molar-refractivity contribution in [3.63, 3.8) is 0 Å². The third-order valence-electron chi connectivity index (χ3n) is 5.02. The van der Waals surface area contributed by atoms with E-state index in [0.29, 0.717) is 11.3 Å². The molecule has 0 aromatic heterocycles. The van der Waals surface area contributed by atoms with Crippen LogP contribution in [-0.4, -0.2) is 47.9 Å². The van der Waals surface area contributed by atoms with Crippen LogP contribution in [0.3, 0.4) is 0 Å². The van der Waals surface area contributed by atoms with Crippen LogP contribution in [0.5, 0.6) is 0 Å². The van der Waals surface area contributed by atoms with Crippen LogP contribution in [0, 0.1) is 11.7 Å². The molecule has 0 aliphatic carbocycles. The molecular formula is C24H26FN3O5. The van der Waals surface area contributed by atoms with Gasteiger partial charge in [0, 0.05) is 12.2 Å². The molecule has 174 valence electrons. The molecule has 0 saturated carbocycles. The van der Waals surface area contributed by atoms with Crippen LogP contribution in [0.4, 0.5) is 20.6 Å². The zero-order chi connectivity index (χ0) is 24.1. The molecule has 1 atom stereocenters. The minimum absolute atomic E-state index is 0.0656. The van der Waals surface area contributed by atoms with Crippen LogP contribution in [0.25, 0.3) is 0 Å². The van der Waals surface area contributed by atoms with Crippen molar-refractivity contribution in [3.05, 3.63) is 59.9 Å². The zero-order valence-electron chi connectivity index (χ0n) is 18.7. The predicted molar refractivity (Wildman–Crippen MR) is 120 cm³/mol. The third kappa shape index (κ3) is 5.54. The molecule has 4 amide bonds. The molecule has 2 aromatic carbocycles. The topological polar surface area (TPSA) is 96.0 Å². The number of rotatable bonds is 8. The largest absolute Gasteiger partial charge is 0.462 e. The van der Waals surface area contributed by atoms with Crippen molar-refractivity contribution in [1.29, 1.82) is 0 Å². The van der Waals surface area contributed by atoms with Gasteiger partial charge in [0.1, 0.15) is 11.9 Å². The highest BCUT2D eigenvalue weighted by Gasteiger charge is 2.46. The lowest BCUT2D eigenvalue weighted by atomic mass is 10.1. The summed E-state index contributed by atoms with van der Waals surface area (Å²) >= 11 is 0. The molecule has 2 aromatic rings. The van der Waals surface area contributed by atoms with Crippen molar-refractivity contribution < 1.29 is 28.3 Å².